The third-order valence-corrected chi connectivity index (χ3v) is 9.44. The van der Waals surface area contributed by atoms with Gasteiger partial charge in [-0.1, -0.05) is 0 Å². The first kappa shape index (κ1) is 33.3. The van der Waals surface area contributed by atoms with Crippen LogP contribution < -0.4 is 0 Å². The molecule has 0 N–H and O–H groups in total. The van der Waals surface area contributed by atoms with Gasteiger partial charge >= 0.3 is 18.5 Å². The standard InChI is InChI=1S/C22H36F9N3O3S2/c1-13(32-4-5-35-10-17(32)20(23,24)25)6-15-8-33(18(11-36-15)21(26,27)28)14(2)7-16-9-34(39(3)38)19(12-37-16)22(29,30)31/h13-19,38-39H,4-12H2,1-3H3/t13?,14?,15?,16?,17?,18-,19+/m1/s1. The van der Waals surface area contributed by atoms with E-state index in [2.05, 4.69) is 11.7 Å². The molecular weight excluding hydrogens is 589 g/mol. The lowest BCUT2D eigenvalue weighted by Gasteiger charge is -2.47. The Bertz CT molecular complexity index is 791. The quantitative estimate of drug-likeness (QED) is 0.248. The van der Waals surface area contributed by atoms with Crippen LogP contribution in [0.15, 0.2) is 0 Å². The predicted molar refractivity (Wildman–Crippen MR) is 132 cm³/mol. The van der Waals surface area contributed by atoms with Crippen molar-refractivity contribution in [1.82, 2.24) is 14.1 Å². The van der Waals surface area contributed by atoms with Gasteiger partial charge in [0.1, 0.15) is 18.1 Å². The van der Waals surface area contributed by atoms with Crippen molar-refractivity contribution in [3.63, 3.8) is 0 Å². The second-order valence-electron chi connectivity index (χ2n) is 10.4. The predicted octanol–water partition coefficient (Wildman–Crippen LogP) is 4.46. The molecule has 0 amide bonds. The van der Waals surface area contributed by atoms with Crippen LogP contribution in [-0.2, 0) is 14.2 Å². The first-order chi connectivity index (χ1) is 17.9. The Morgan fingerprint density at radius 2 is 1.21 bits per heavy atom. The summed E-state index contributed by atoms with van der Waals surface area (Å²) in [6.45, 7) is 1.11. The number of thiol groups is 2. The highest BCUT2D eigenvalue weighted by atomic mass is 33.1. The fourth-order valence-corrected chi connectivity index (χ4v) is 7.15. The van der Waals surface area contributed by atoms with Gasteiger partial charge in [-0.2, -0.15) is 49.6 Å². The van der Waals surface area contributed by atoms with Crippen LogP contribution in [0.3, 0.4) is 0 Å². The van der Waals surface area contributed by atoms with E-state index in [1.54, 1.807) is 20.1 Å². The third kappa shape index (κ3) is 8.67. The maximum atomic E-state index is 13.9. The molecule has 6 unspecified atom stereocenters. The molecule has 0 radical (unpaired) electrons. The zero-order valence-corrected chi connectivity index (χ0v) is 23.6. The Labute approximate surface area is 229 Å². The van der Waals surface area contributed by atoms with Crippen molar-refractivity contribution in [2.24, 2.45) is 0 Å². The van der Waals surface area contributed by atoms with Crippen molar-refractivity contribution in [3.8, 4) is 0 Å². The molecule has 0 aromatic carbocycles. The second-order valence-corrected chi connectivity index (χ2v) is 13.6. The Kier molecular flexibility index (Phi) is 11.1. The number of hydrogen-bond donors (Lipinski definition) is 2. The molecule has 0 spiro atoms. The number of alkyl halides is 9. The van der Waals surface area contributed by atoms with Gasteiger partial charge < -0.3 is 14.2 Å². The van der Waals surface area contributed by atoms with Crippen molar-refractivity contribution in [2.75, 3.05) is 52.3 Å². The van der Waals surface area contributed by atoms with E-state index in [0.717, 1.165) is 0 Å². The third-order valence-electron chi connectivity index (χ3n) is 7.56. The van der Waals surface area contributed by atoms with Gasteiger partial charge in [0.05, 0.1) is 38.6 Å². The highest BCUT2D eigenvalue weighted by Crippen LogP contribution is 2.42. The van der Waals surface area contributed by atoms with E-state index in [1.165, 1.54) is 14.1 Å². The van der Waals surface area contributed by atoms with Gasteiger partial charge in [-0.05, 0) is 32.9 Å². The molecule has 3 saturated heterocycles. The highest BCUT2D eigenvalue weighted by molar-refractivity contribution is 8.76. The van der Waals surface area contributed by atoms with Gasteiger partial charge in [-0.25, -0.2) is 4.31 Å². The zero-order valence-electron chi connectivity index (χ0n) is 21.8. The lowest BCUT2D eigenvalue weighted by Crippen LogP contribution is -2.61. The van der Waals surface area contributed by atoms with Gasteiger partial charge in [0.2, 0.25) is 0 Å². The highest BCUT2D eigenvalue weighted by Gasteiger charge is 2.52. The SMILES string of the molecule is CC(CC1CN(C(C)CC2CN([SH](C)S)[C@H](C(F)(F)F)CO2)[C@@H](C(F)(F)F)CO1)N1CCOCC1C(F)(F)F. The van der Waals surface area contributed by atoms with E-state index in [0.29, 0.717) is 0 Å². The molecule has 17 heteroatoms. The van der Waals surface area contributed by atoms with Crippen LogP contribution in [0, 0.1) is 0 Å². The molecule has 3 rings (SSSR count). The number of morpholine rings is 3. The molecule has 0 aromatic rings. The molecule has 39 heavy (non-hydrogen) atoms. The summed E-state index contributed by atoms with van der Waals surface area (Å²) in [5, 5.41) is 0. The topological polar surface area (TPSA) is 37.4 Å². The molecule has 3 aliphatic rings. The maximum absolute atomic E-state index is 13.9. The van der Waals surface area contributed by atoms with Crippen molar-refractivity contribution in [2.45, 2.75) is 87.6 Å². The fourth-order valence-electron chi connectivity index (χ4n) is 5.54. The Morgan fingerprint density at radius 1 is 0.744 bits per heavy atom. The molecular formula is C22H36F9N3O3S2. The summed E-state index contributed by atoms with van der Waals surface area (Å²) >= 11 is 4.21. The van der Waals surface area contributed by atoms with Crippen LogP contribution >= 0.6 is 21.8 Å². The number of nitrogens with zero attached hydrogens (tertiary/aromatic N) is 3. The zero-order chi connectivity index (χ0) is 29.3. The van der Waals surface area contributed by atoms with Crippen LogP contribution in [0.25, 0.3) is 0 Å². The number of hydrogen-bond acceptors (Lipinski definition) is 7. The van der Waals surface area contributed by atoms with Gasteiger partial charge in [-0.3, -0.25) is 9.80 Å². The molecule has 8 atom stereocenters. The number of ether oxygens (including phenoxy) is 3. The number of halogens is 9. The van der Waals surface area contributed by atoms with E-state index in [1.807, 2.05) is 0 Å². The summed E-state index contributed by atoms with van der Waals surface area (Å²) in [5.41, 5.74) is 0. The maximum Gasteiger partial charge on any atom is 0.407 e. The van der Waals surface area contributed by atoms with Crippen LogP contribution in [0.1, 0.15) is 26.7 Å². The minimum absolute atomic E-state index is 0.0307. The van der Waals surface area contributed by atoms with Crippen molar-refractivity contribution >= 4 is 21.8 Å². The Morgan fingerprint density at radius 3 is 1.72 bits per heavy atom. The summed E-state index contributed by atoms with van der Waals surface area (Å²) in [7, 11) is -1.43. The van der Waals surface area contributed by atoms with Crippen LogP contribution in [-0.4, -0.2) is 127 Å². The summed E-state index contributed by atoms with van der Waals surface area (Å²) in [6, 6.07) is -7.00. The minimum Gasteiger partial charge on any atom is -0.378 e. The monoisotopic (exact) mass is 625 g/mol. The average Bonchev–Trinajstić information content (AvgIpc) is 2.82. The van der Waals surface area contributed by atoms with Crippen LogP contribution in [0.5, 0.6) is 0 Å². The largest absolute Gasteiger partial charge is 0.407 e. The smallest absolute Gasteiger partial charge is 0.378 e. The lowest BCUT2D eigenvalue weighted by atomic mass is 9.99. The molecule has 6 nitrogen and oxygen atoms in total. The van der Waals surface area contributed by atoms with Crippen LogP contribution in [0.2, 0.25) is 0 Å². The van der Waals surface area contributed by atoms with E-state index >= 15 is 0 Å². The number of rotatable bonds is 7. The fraction of sp³-hybridized carbons (Fsp3) is 1.00. The molecule has 232 valence electrons. The summed E-state index contributed by atoms with van der Waals surface area (Å²) in [4.78, 5) is 2.44. The van der Waals surface area contributed by atoms with E-state index in [9.17, 15) is 39.5 Å². The average molecular weight is 626 g/mol. The van der Waals surface area contributed by atoms with Gasteiger partial charge in [-0.15, -0.1) is 11.7 Å². The summed E-state index contributed by atoms with van der Waals surface area (Å²) < 4.78 is 140. The van der Waals surface area contributed by atoms with E-state index in [-0.39, 0.29) is 39.1 Å². The molecule has 0 aromatic heterocycles. The van der Waals surface area contributed by atoms with Gasteiger partial charge in [0.25, 0.3) is 0 Å². The lowest BCUT2D eigenvalue weighted by molar-refractivity contribution is -0.237. The molecule has 3 aliphatic heterocycles. The Balaban J connectivity index is 1.68. The summed E-state index contributed by atoms with van der Waals surface area (Å²) in [5.74, 6) is 0. The molecule has 3 heterocycles. The molecule has 0 aliphatic carbocycles. The van der Waals surface area contributed by atoms with Crippen molar-refractivity contribution in [3.05, 3.63) is 0 Å². The minimum atomic E-state index is -4.64. The molecule has 0 bridgehead atoms. The van der Waals surface area contributed by atoms with E-state index < -0.39 is 90.9 Å². The normalized spacial score (nSPS) is 34.1. The molecule has 3 fully saturated rings. The second kappa shape index (κ2) is 13.0. The first-order valence-electron chi connectivity index (χ1n) is 12.6. The van der Waals surface area contributed by atoms with Crippen molar-refractivity contribution < 1.29 is 53.7 Å². The van der Waals surface area contributed by atoms with Gasteiger partial charge in [0, 0.05) is 31.7 Å². The van der Waals surface area contributed by atoms with Crippen molar-refractivity contribution in [1.29, 1.82) is 0 Å². The molecule has 0 saturated carbocycles. The van der Waals surface area contributed by atoms with Gasteiger partial charge in [0.15, 0.2) is 0 Å². The Hall–Kier alpha value is -0.170. The summed E-state index contributed by atoms with van der Waals surface area (Å²) in [6.07, 6.45) is -13.5. The first-order valence-corrected chi connectivity index (χ1v) is 15.5. The van der Waals surface area contributed by atoms with E-state index in [4.69, 9.17) is 14.2 Å². The van der Waals surface area contributed by atoms with Crippen LogP contribution in [0.4, 0.5) is 39.5 Å².